The number of methoxy groups -OCH3 is 1. The van der Waals surface area contributed by atoms with Crippen molar-refractivity contribution in [1.29, 1.82) is 0 Å². The lowest BCUT2D eigenvalue weighted by atomic mass is 9.96. The molecule has 174 valence electrons. The van der Waals surface area contributed by atoms with Crippen LogP contribution >= 0.6 is 0 Å². The first-order valence-electron chi connectivity index (χ1n) is 10.4. The number of aliphatic hydroxyl groups is 2. The quantitative estimate of drug-likeness (QED) is 0.657. The smallest absolute Gasteiger partial charge is 0.417 e. The Morgan fingerprint density at radius 2 is 1.94 bits per heavy atom. The number of benzene rings is 1. The van der Waals surface area contributed by atoms with Gasteiger partial charge < -0.3 is 29.2 Å². The Morgan fingerprint density at radius 1 is 1.19 bits per heavy atom. The Morgan fingerprint density at radius 3 is 2.56 bits per heavy atom. The minimum absolute atomic E-state index is 0.165. The van der Waals surface area contributed by atoms with E-state index >= 15 is 0 Å². The molecular weight excluding hydrogens is 418 g/mol. The van der Waals surface area contributed by atoms with Crippen LogP contribution in [0.25, 0.3) is 5.57 Å². The van der Waals surface area contributed by atoms with Gasteiger partial charge in [0.1, 0.15) is 17.1 Å². The van der Waals surface area contributed by atoms with Gasteiger partial charge in [0.05, 0.1) is 25.8 Å². The van der Waals surface area contributed by atoms with Crippen molar-refractivity contribution in [3.63, 3.8) is 0 Å². The lowest BCUT2D eigenvalue weighted by molar-refractivity contribution is -0.105. The molecule has 0 bridgehead atoms. The summed E-state index contributed by atoms with van der Waals surface area (Å²) in [4.78, 5) is 25.6. The molecule has 9 heteroatoms. The molecule has 0 spiro atoms. The summed E-state index contributed by atoms with van der Waals surface area (Å²) in [5.41, 5.74) is -0.154. The second-order valence-electron chi connectivity index (χ2n) is 8.54. The number of hydrogen-bond donors (Lipinski definition) is 2. The summed E-state index contributed by atoms with van der Waals surface area (Å²) in [5, 5.41) is 21.2. The topological polar surface area (TPSA) is 115 Å². The molecule has 2 N–H and O–H groups in total. The van der Waals surface area contributed by atoms with Gasteiger partial charge in [0.15, 0.2) is 12.2 Å². The highest BCUT2D eigenvalue weighted by molar-refractivity contribution is 5.98. The van der Waals surface area contributed by atoms with Gasteiger partial charge in [0.2, 0.25) is 0 Å². The Hall–Kier alpha value is -3.20. The van der Waals surface area contributed by atoms with Gasteiger partial charge in [-0.2, -0.15) is 0 Å². The molecule has 1 amide bonds. The number of hydrogen-bond acceptors (Lipinski definition) is 8. The van der Waals surface area contributed by atoms with Crippen LogP contribution in [0.3, 0.4) is 0 Å². The molecule has 3 rings (SSSR count). The molecule has 1 saturated heterocycles. The number of allylic oxidation sites excluding steroid dienone is 2. The Labute approximate surface area is 186 Å². The molecular formula is C23H29NO8. The summed E-state index contributed by atoms with van der Waals surface area (Å²) in [5.74, 6) is -0.847. The van der Waals surface area contributed by atoms with Gasteiger partial charge in [0, 0.05) is 23.6 Å². The minimum atomic E-state index is -0.809. The number of carbonyl (C=O) groups is 2. The van der Waals surface area contributed by atoms with Gasteiger partial charge in [-0.05, 0) is 51.8 Å². The standard InChI is InChI=1S/C23H29NO8/c1-23(2,3)32-22(28)24-13-18(25)17(12-19(24)26)16-11-14(8-9-15(16)21(27)29-4)31-20-7-5-6-10-30-20/h8-9,11-12,20,25-26H,5-7,10,13H2,1-4H3. The van der Waals surface area contributed by atoms with E-state index in [1.807, 2.05) is 0 Å². The lowest BCUT2D eigenvalue weighted by Crippen LogP contribution is -2.39. The molecule has 0 radical (unpaired) electrons. The molecule has 0 aliphatic carbocycles. The van der Waals surface area contributed by atoms with Crippen molar-refractivity contribution in [2.45, 2.75) is 51.9 Å². The highest BCUT2D eigenvalue weighted by Gasteiger charge is 2.31. The number of carbonyl (C=O) groups excluding carboxylic acids is 2. The SMILES string of the molecule is COC(=O)c1ccc(OC2CCCCO2)cc1C1=C(O)CN(C(=O)OC(C)(C)C)C(O)=C1. The Balaban J connectivity index is 1.93. The van der Waals surface area contributed by atoms with Gasteiger partial charge in [-0.15, -0.1) is 0 Å². The average molecular weight is 447 g/mol. The summed E-state index contributed by atoms with van der Waals surface area (Å²) >= 11 is 0. The van der Waals surface area contributed by atoms with Crippen molar-refractivity contribution in [2.24, 2.45) is 0 Å². The van der Waals surface area contributed by atoms with Gasteiger partial charge in [0.25, 0.3) is 0 Å². The highest BCUT2D eigenvalue weighted by Crippen LogP contribution is 2.33. The normalized spacial score (nSPS) is 19.3. The van der Waals surface area contributed by atoms with Crippen LogP contribution in [0.2, 0.25) is 0 Å². The first-order valence-corrected chi connectivity index (χ1v) is 10.4. The van der Waals surface area contributed by atoms with E-state index in [0.29, 0.717) is 12.4 Å². The zero-order valence-corrected chi connectivity index (χ0v) is 18.7. The second kappa shape index (κ2) is 9.52. The molecule has 2 heterocycles. The molecule has 1 aromatic carbocycles. The maximum atomic E-state index is 12.4. The van der Waals surface area contributed by atoms with Crippen LogP contribution in [0.5, 0.6) is 5.75 Å². The molecule has 2 aliphatic rings. The molecule has 1 aromatic rings. The molecule has 1 atom stereocenters. The fourth-order valence-electron chi connectivity index (χ4n) is 3.38. The third-order valence-electron chi connectivity index (χ3n) is 4.87. The summed E-state index contributed by atoms with van der Waals surface area (Å²) < 4.78 is 21.6. The van der Waals surface area contributed by atoms with E-state index in [-0.39, 0.29) is 29.0 Å². The fraction of sp³-hybridized carbons (Fsp3) is 0.478. The van der Waals surface area contributed by atoms with Crippen molar-refractivity contribution in [2.75, 3.05) is 20.3 Å². The summed E-state index contributed by atoms with van der Waals surface area (Å²) in [6.07, 6.45) is 2.70. The van der Waals surface area contributed by atoms with Crippen molar-refractivity contribution in [3.05, 3.63) is 47.0 Å². The zero-order chi connectivity index (χ0) is 23.5. The molecule has 0 saturated carbocycles. The van der Waals surface area contributed by atoms with Crippen LogP contribution in [-0.4, -0.2) is 59.3 Å². The largest absolute Gasteiger partial charge is 0.510 e. The summed E-state index contributed by atoms with van der Waals surface area (Å²) in [6, 6.07) is 4.71. The van der Waals surface area contributed by atoms with Crippen LogP contribution in [0.15, 0.2) is 35.9 Å². The maximum Gasteiger partial charge on any atom is 0.417 e. The van der Waals surface area contributed by atoms with Gasteiger partial charge >= 0.3 is 12.1 Å². The Bertz CT molecular complexity index is 938. The number of rotatable bonds is 4. The van der Waals surface area contributed by atoms with Crippen molar-refractivity contribution in [3.8, 4) is 5.75 Å². The van der Waals surface area contributed by atoms with Crippen molar-refractivity contribution >= 4 is 17.6 Å². The molecule has 2 aliphatic heterocycles. The first kappa shape index (κ1) is 23.5. The van der Waals surface area contributed by atoms with Crippen LogP contribution in [0, 0.1) is 0 Å². The van der Waals surface area contributed by atoms with Crippen molar-refractivity contribution < 1.29 is 38.7 Å². The molecule has 32 heavy (non-hydrogen) atoms. The average Bonchev–Trinajstić information content (AvgIpc) is 2.74. The second-order valence-corrected chi connectivity index (χ2v) is 8.54. The lowest BCUT2D eigenvalue weighted by Gasteiger charge is -2.29. The number of aliphatic hydroxyl groups excluding tert-OH is 2. The van der Waals surface area contributed by atoms with E-state index in [0.717, 1.165) is 24.2 Å². The minimum Gasteiger partial charge on any atom is -0.510 e. The van der Waals surface area contributed by atoms with E-state index in [1.54, 1.807) is 32.9 Å². The number of nitrogens with zero attached hydrogens (tertiary/aromatic N) is 1. The number of amides is 1. The Kier molecular flexibility index (Phi) is 6.98. The molecule has 0 aromatic heterocycles. The monoisotopic (exact) mass is 447 g/mol. The summed E-state index contributed by atoms with van der Waals surface area (Å²) in [7, 11) is 1.25. The molecule has 1 unspecified atom stereocenters. The van der Waals surface area contributed by atoms with E-state index in [9.17, 15) is 19.8 Å². The third kappa shape index (κ3) is 5.53. The fourth-order valence-corrected chi connectivity index (χ4v) is 3.38. The predicted octanol–water partition coefficient (Wildman–Crippen LogP) is 4.30. The highest BCUT2D eigenvalue weighted by atomic mass is 16.7. The van der Waals surface area contributed by atoms with Crippen LogP contribution in [0.4, 0.5) is 4.79 Å². The van der Waals surface area contributed by atoms with Crippen LogP contribution < -0.4 is 4.74 Å². The van der Waals surface area contributed by atoms with E-state index < -0.39 is 29.8 Å². The third-order valence-corrected chi connectivity index (χ3v) is 4.87. The number of esters is 1. The van der Waals surface area contributed by atoms with Crippen LogP contribution in [0.1, 0.15) is 56.0 Å². The summed E-state index contributed by atoms with van der Waals surface area (Å²) in [6.45, 7) is 5.37. The van der Waals surface area contributed by atoms with Crippen LogP contribution in [-0.2, 0) is 14.2 Å². The zero-order valence-electron chi connectivity index (χ0n) is 18.7. The van der Waals surface area contributed by atoms with Crippen molar-refractivity contribution in [1.82, 2.24) is 4.90 Å². The first-order chi connectivity index (χ1) is 15.1. The van der Waals surface area contributed by atoms with Gasteiger partial charge in [-0.3, -0.25) is 0 Å². The van der Waals surface area contributed by atoms with Gasteiger partial charge in [-0.25, -0.2) is 14.5 Å². The molecule has 1 fully saturated rings. The predicted molar refractivity (Wildman–Crippen MR) is 115 cm³/mol. The van der Waals surface area contributed by atoms with E-state index in [4.69, 9.17) is 18.9 Å². The molecule has 9 nitrogen and oxygen atoms in total. The maximum absolute atomic E-state index is 12.4. The van der Waals surface area contributed by atoms with Gasteiger partial charge in [-0.1, -0.05) is 0 Å². The number of ether oxygens (including phenoxy) is 4. The van der Waals surface area contributed by atoms with E-state index in [1.165, 1.54) is 19.3 Å². The van der Waals surface area contributed by atoms with E-state index in [2.05, 4.69) is 0 Å².